The van der Waals surface area contributed by atoms with Gasteiger partial charge in [-0.15, -0.1) is 0 Å². The average Bonchev–Trinajstić information content (AvgIpc) is 2.98. The third kappa shape index (κ3) is 3.89. The monoisotopic (exact) mass is 366 g/mol. The van der Waals surface area contributed by atoms with Crippen LogP contribution in [0, 0.1) is 16.0 Å². The van der Waals surface area contributed by atoms with E-state index in [4.69, 9.17) is 4.74 Å². The molecule has 0 radical (unpaired) electrons. The Bertz CT molecular complexity index is 849. The summed E-state index contributed by atoms with van der Waals surface area (Å²) in [5.41, 5.74) is 0.239. The number of nitrogens with zero attached hydrogens (tertiary/aromatic N) is 2. The molecule has 0 N–H and O–H groups in total. The maximum Gasteiger partial charge on any atom is 0.354 e. The lowest BCUT2D eigenvalue weighted by Crippen LogP contribution is -2.37. The summed E-state index contributed by atoms with van der Waals surface area (Å²) in [5.74, 6) is -1.02. The van der Waals surface area contributed by atoms with Crippen LogP contribution in [-0.4, -0.2) is 23.1 Å². The molecular formula is C21H22N2O4. The molecule has 0 bridgehead atoms. The molecule has 140 valence electrons. The first-order valence-corrected chi connectivity index (χ1v) is 8.96. The second-order valence-electron chi connectivity index (χ2n) is 7.09. The van der Waals surface area contributed by atoms with Gasteiger partial charge in [0.1, 0.15) is 11.6 Å². The van der Waals surface area contributed by atoms with E-state index in [1.165, 1.54) is 0 Å². The Balaban J connectivity index is 2.18. The van der Waals surface area contributed by atoms with E-state index in [9.17, 15) is 14.9 Å². The highest BCUT2D eigenvalue weighted by Crippen LogP contribution is 2.45. The van der Waals surface area contributed by atoms with Crippen molar-refractivity contribution in [3.63, 3.8) is 0 Å². The van der Waals surface area contributed by atoms with Gasteiger partial charge in [0.2, 0.25) is 12.3 Å². The van der Waals surface area contributed by atoms with Crippen LogP contribution in [0.25, 0.3) is 0 Å². The maximum atomic E-state index is 12.6. The third-order valence-electron chi connectivity index (χ3n) is 4.58. The summed E-state index contributed by atoms with van der Waals surface area (Å²) >= 11 is 0. The van der Waals surface area contributed by atoms with Crippen LogP contribution in [0.5, 0.6) is 0 Å². The van der Waals surface area contributed by atoms with Crippen molar-refractivity contribution in [1.82, 2.24) is 0 Å². The van der Waals surface area contributed by atoms with Crippen LogP contribution in [0.15, 0.2) is 65.7 Å². The molecule has 2 atom stereocenters. The highest BCUT2D eigenvalue weighted by atomic mass is 16.6. The highest BCUT2D eigenvalue weighted by Gasteiger charge is 2.52. The van der Waals surface area contributed by atoms with E-state index in [0.29, 0.717) is 23.3 Å². The lowest BCUT2D eigenvalue weighted by molar-refractivity contribution is -0.487. The minimum absolute atomic E-state index is 0.216. The molecule has 6 heteroatoms. The number of cyclic esters (lactones) is 1. The predicted octanol–water partition coefficient (Wildman–Crippen LogP) is 3.94. The lowest BCUT2D eigenvalue weighted by atomic mass is 9.83. The van der Waals surface area contributed by atoms with Crippen LogP contribution in [0.1, 0.15) is 37.3 Å². The topological polar surface area (TPSA) is 81.8 Å². The van der Waals surface area contributed by atoms with Crippen LogP contribution >= 0.6 is 0 Å². The first-order valence-electron chi connectivity index (χ1n) is 8.96. The average molecular weight is 366 g/mol. The zero-order valence-electron chi connectivity index (χ0n) is 15.4. The van der Waals surface area contributed by atoms with Gasteiger partial charge in [-0.3, -0.25) is 10.1 Å². The first kappa shape index (κ1) is 18.8. The normalized spacial score (nSPS) is 20.3. The molecule has 6 nitrogen and oxygen atoms in total. The number of aliphatic imine (C=N–C) groups is 1. The van der Waals surface area contributed by atoms with Gasteiger partial charge in [0.25, 0.3) is 0 Å². The number of rotatable bonds is 7. The van der Waals surface area contributed by atoms with Crippen molar-refractivity contribution < 1.29 is 14.5 Å². The van der Waals surface area contributed by atoms with Gasteiger partial charge in [0.15, 0.2) is 0 Å². The minimum Gasteiger partial charge on any atom is -0.427 e. The molecule has 3 rings (SSSR count). The van der Waals surface area contributed by atoms with Crippen molar-refractivity contribution >= 4 is 11.7 Å². The summed E-state index contributed by atoms with van der Waals surface area (Å²) in [7, 11) is 0. The van der Waals surface area contributed by atoms with Crippen LogP contribution in [0.2, 0.25) is 0 Å². The molecule has 1 aliphatic rings. The SMILES string of the molecule is CC(C)CC1=NC(c2ccccc2)(C(C[N+](=O)[O-])c2ccccc2)OC1=O. The van der Waals surface area contributed by atoms with Crippen molar-refractivity contribution in [2.75, 3.05) is 6.54 Å². The molecule has 0 spiro atoms. The Kier molecular flexibility index (Phi) is 5.35. The number of hydrogen-bond acceptors (Lipinski definition) is 5. The number of esters is 1. The number of ether oxygens (including phenoxy) is 1. The summed E-state index contributed by atoms with van der Waals surface area (Å²) in [6.45, 7) is 3.58. The van der Waals surface area contributed by atoms with Gasteiger partial charge in [-0.05, 0) is 17.9 Å². The summed E-state index contributed by atoms with van der Waals surface area (Å²) in [6, 6.07) is 18.2. The second kappa shape index (κ2) is 7.70. The largest absolute Gasteiger partial charge is 0.427 e. The highest BCUT2D eigenvalue weighted by molar-refractivity contribution is 6.37. The van der Waals surface area contributed by atoms with Crippen molar-refractivity contribution in [3.8, 4) is 0 Å². The first-order chi connectivity index (χ1) is 12.9. The number of nitro groups is 1. The van der Waals surface area contributed by atoms with Crippen molar-refractivity contribution in [3.05, 3.63) is 81.9 Å². The van der Waals surface area contributed by atoms with Crippen LogP contribution in [0.4, 0.5) is 0 Å². The van der Waals surface area contributed by atoms with Gasteiger partial charge in [-0.25, -0.2) is 9.79 Å². The number of hydrogen-bond donors (Lipinski definition) is 0. The third-order valence-corrected chi connectivity index (χ3v) is 4.58. The number of carbonyl (C=O) groups excluding carboxylic acids is 1. The number of carbonyl (C=O) groups is 1. The fourth-order valence-corrected chi connectivity index (χ4v) is 3.43. The van der Waals surface area contributed by atoms with E-state index in [1.54, 1.807) is 12.1 Å². The molecule has 1 heterocycles. The summed E-state index contributed by atoms with van der Waals surface area (Å²) in [4.78, 5) is 28.4. The molecule has 0 saturated heterocycles. The minimum atomic E-state index is -1.43. The predicted molar refractivity (Wildman–Crippen MR) is 102 cm³/mol. The van der Waals surface area contributed by atoms with Gasteiger partial charge in [-0.2, -0.15) is 0 Å². The Morgan fingerprint density at radius 2 is 1.67 bits per heavy atom. The molecule has 2 aromatic rings. The van der Waals surface area contributed by atoms with E-state index >= 15 is 0 Å². The molecule has 0 amide bonds. The molecule has 0 fully saturated rings. The molecule has 1 aliphatic heterocycles. The molecule has 0 aliphatic carbocycles. The quantitative estimate of drug-likeness (QED) is 0.422. The Hall–Kier alpha value is -3.02. The molecule has 0 saturated carbocycles. The fraction of sp³-hybridized carbons (Fsp3) is 0.333. The van der Waals surface area contributed by atoms with E-state index < -0.39 is 24.2 Å². The van der Waals surface area contributed by atoms with Gasteiger partial charge in [0.05, 0.1) is 0 Å². The van der Waals surface area contributed by atoms with Crippen molar-refractivity contribution in [2.45, 2.75) is 31.9 Å². The zero-order chi connectivity index (χ0) is 19.4. The Morgan fingerprint density at radius 3 is 2.22 bits per heavy atom. The van der Waals surface area contributed by atoms with Crippen LogP contribution < -0.4 is 0 Å². The summed E-state index contributed by atoms with van der Waals surface area (Å²) < 4.78 is 5.82. The molecule has 0 aromatic heterocycles. The Morgan fingerprint density at radius 1 is 1.07 bits per heavy atom. The van der Waals surface area contributed by atoms with E-state index in [2.05, 4.69) is 4.99 Å². The molecule has 2 unspecified atom stereocenters. The van der Waals surface area contributed by atoms with Gasteiger partial charge < -0.3 is 4.74 Å². The number of benzene rings is 2. The van der Waals surface area contributed by atoms with Crippen molar-refractivity contribution in [1.29, 1.82) is 0 Å². The van der Waals surface area contributed by atoms with Crippen LogP contribution in [0.3, 0.4) is 0 Å². The van der Waals surface area contributed by atoms with Gasteiger partial charge >= 0.3 is 5.97 Å². The van der Waals surface area contributed by atoms with Crippen molar-refractivity contribution in [2.24, 2.45) is 10.9 Å². The second-order valence-corrected chi connectivity index (χ2v) is 7.09. The van der Waals surface area contributed by atoms with E-state index in [-0.39, 0.29) is 10.8 Å². The van der Waals surface area contributed by atoms with E-state index in [0.717, 1.165) is 0 Å². The lowest BCUT2D eigenvalue weighted by Gasteiger charge is -2.32. The molecule has 2 aromatic carbocycles. The maximum absolute atomic E-state index is 12.6. The zero-order valence-corrected chi connectivity index (χ0v) is 15.4. The van der Waals surface area contributed by atoms with Gasteiger partial charge in [0, 0.05) is 10.5 Å². The smallest absolute Gasteiger partial charge is 0.354 e. The van der Waals surface area contributed by atoms with Gasteiger partial charge in [-0.1, -0.05) is 74.5 Å². The Labute approximate surface area is 158 Å². The summed E-state index contributed by atoms with van der Waals surface area (Å²) in [5, 5.41) is 11.5. The van der Waals surface area contributed by atoms with Crippen LogP contribution in [-0.2, 0) is 15.3 Å². The van der Waals surface area contributed by atoms with E-state index in [1.807, 2.05) is 62.4 Å². The summed E-state index contributed by atoms with van der Waals surface area (Å²) in [6.07, 6.45) is 0.466. The standard InChI is InChI=1S/C21H22N2O4/c1-15(2)13-19-20(24)27-21(22-19,17-11-7-4-8-12-17)18(14-23(25)26)16-9-5-3-6-10-16/h3-12,15,18H,13-14H2,1-2H3. The molecule has 27 heavy (non-hydrogen) atoms. The molecular weight excluding hydrogens is 344 g/mol. The fourth-order valence-electron chi connectivity index (χ4n) is 3.43.